The Morgan fingerprint density at radius 3 is 2.04 bits per heavy atom. The van der Waals surface area contributed by atoms with Gasteiger partial charge < -0.3 is 32.5 Å². The lowest BCUT2D eigenvalue weighted by Gasteiger charge is -2.51. The smallest absolute Gasteiger partial charge is 0.248 e. The maximum absolute atomic E-state index is 13.3. The summed E-state index contributed by atoms with van der Waals surface area (Å²) in [6, 6.07) is 7.95. The van der Waals surface area contributed by atoms with E-state index >= 15 is 0 Å². The van der Waals surface area contributed by atoms with Gasteiger partial charge in [-0.2, -0.15) is 0 Å². The van der Waals surface area contributed by atoms with Crippen molar-refractivity contribution < 1.29 is 42.2 Å². The molecular formula is C41H73NO9Si2. The molecule has 53 heavy (non-hydrogen) atoms. The zero-order chi connectivity index (χ0) is 40.4. The molecule has 2 fully saturated rings. The fourth-order valence-electron chi connectivity index (χ4n) is 6.65. The highest BCUT2D eigenvalue weighted by Crippen LogP contribution is 2.53. The van der Waals surface area contributed by atoms with Gasteiger partial charge in [-0.1, -0.05) is 66.7 Å². The Morgan fingerprint density at radius 1 is 0.943 bits per heavy atom. The molecule has 0 unspecified atom stereocenters. The second kappa shape index (κ2) is 17.3. The first-order chi connectivity index (χ1) is 24.2. The van der Waals surface area contributed by atoms with Crippen LogP contribution in [0, 0.1) is 17.8 Å². The Hall–Kier alpha value is -1.62. The number of benzene rings is 1. The Labute approximate surface area is 323 Å². The highest BCUT2D eigenvalue weighted by atomic mass is 28.4. The van der Waals surface area contributed by atoms with Crippen LogP contribution >= 0.6 is 0 Å². The first-order valence-corrected chi connectivity index (χ1v) is 25.0. The molecule has 0 aromatic heterocycles. The maximum atomic E-state index is 13.3. The van der Waals surface area contributed by atoms with E-state index in [0.29, 0.717) is 19.8 Å². The average molecular weight is 780 g/mol. The summed E-state index contributed by atoms with van der Waals surface area (Å²) in [5.74, 6) is -0.913. The van der Waals surface area contributed by atoms with Crippen LogP contribution in [0.15, 0.2) is 36.9 Å². The van der Waals surface area contributed by atoms with Gasteiger partial charge in [-0.25, -0.2) is 5.06 Å². The summed E-state index contributed by atoms with van der Waals surface area (Å²) in [6.07, 6.45) is 0.491. The minimum atomic E-state index is -2.40. The van der Waals surface area contributed by atoms with Crippen molar-refractivity contribution in [1.82, 2.24) is 5.06 Å². The van der Waals surface area contributed by atoms with E-state index in [1.165, 1.54) is 12.2 Å². The molecule has 0 radical (unpaired) electrons. The number of amides is 1. The number of epoxide rings is 1. The normalized spacial score (nSPS) is 26.7. The van der Waals surface area contributed by atoms with Crippen LogP contribution in [0.4, 0.5) is 0 Å². The van der Waals surface area contributed by atoms with Crippen molar-refractivity contribution >= 4 is 22.5 Å². The predicted molar refractivity (Wildman–Crippen MR) is 216 cm³/mol. The molecule has 3 rings (SSSR count). The Morgan fingerprint density at radius 2 is 1.53 bits per heavy atom. The first kappa shape index (κ1) is 45.8. The van der Waals surface area contributed by atoms with Gasteiger partial charge in [-0.05, 0) is 74.7 Å². The second-order valence-corrected chi connectivity index (χ2v) is 28.4. The minimum Gasteiger partial charge on any atom is -0.497 e. The Balaban J connectivity index is 2.07. The number of carbonyl (C=O) groups is 1. The van der Waals surface area contributed by atoms with Crippen molar-refractivity contribution in [2.75, 3.05) is 34.5 Å². The van der Waals surface area contributed by atoms with E-state index in [4.69, 9.17) is 37.4 Å². The van der Waals surface area contributed by atoms with Gasteiger partial charge in [-0.3, -0.25) is 9.63 Å². The second-order valence-electron chi connectivity index (χ2n) is 18.8. The van der Waals surface area contributed by atoms with E-state index in [-0.39, 0.29) is 46.3 Å². The lowest BCUT2D eigenvalue weighted by Crippen LogP contribution is -2.61. The summed E-state index contributed by atoms with van der Waals surface area (Å²) < 4.78 is 46.5. The number of carbonyl (C=O) groups excluding carboxylic acids is 1. The molecule has 2 saturated heterocycles. The van der Waals surface area contributed by atoms with Crippen LogP contribution in [0.25, 0.3) is 0 Å². The molecule has 1 aromatic carbocycles. The highest BCUT2D eigenvalue weighted by Gasteiger charge is 2.65. The lowest BCUT2D eigenvalue weighted by molar-refractivity contribution is -0.329. The average Bonchev–Trinajstić information content (AvgIpc) is 3.74. The van der Waals surface area contributed by atoms with E-state index in [0.717, 1.165) is 11.3 Å². The van der Waals surface area contributed by atoms with E-state index in [1.54, 1.807) is 14.2 Å². The number of hydrogen-bond donors (Lipinski definition) is 0. The topological polar surface area (TPSA) is 97.5 Å². The third-order valence-electron chi connectivity index (χ3n) is 12.2. The molecular weight excluding hydrogens is 707 g/mol. The van der Waals surface area contributed by atoms with Gasteiger partial charge in [0.25, 0.3) is 0 Å². The largest absolute Gasteiger partial charge is 0.497 e. The molecule has 2 heterocycles. The summed E-state index contributed by atoms with van der Waals surface area (Å²) in [5.41, 5.74) is 0.429. The zero-order valence-electron chi connectivity index (χ0n) is 36.1. The number of hydrogen-bond acceptors (Lipinski definition) is 9. The summed E-state index contributed by atoms with van der Waals surface area (Å²) >= 11 is 0. The van der Waals surface area contributed by atoms with Gasteiger partial charge in [0.15, 0.2) is 22.4 Å². The first-order valence-electron chi connectivity index (χ1n) is 19.2. The number of rotatable bonds is 18. The highest BCUT2D eigenvalue weighted by molar-refractivity contribution is 6.74. The molecule has 2 aliphatic heterocycles. The molecule has 1 amide bonds. The quantitative estimate of drug-likeness (QED) is 0.0627. The molecule has 0 aliphatic carbocycles. The van der Waals surface area contributed by atoms with Crippen molar-refractivity contribution in [2.45, 2.75) is 154 Å². The fourth-order valence-corrected chi connectivity index (χ4v) is 9.09. The molecule has 8 atom stereocenters. The minimum absolute atomic E-state index is 0.0150. The Kier molecular flexibility index (Phi) is 14.9. The SMILES string of the molecule is C=C[C@@H]1[C@H]([C@H](CO[Si](C)(C)C(C)(C)C)[C@H](O[Si](C)(C)C(C)(C)C)[C@@]2(C)O[C@@H]2[C@@H](C)COCc2ccc(OC)cc2)OC(C)(C)O[C@@H]1CC(=O)N(C)OC. The van der Waals surface area contributed by atoms with Crippen molar-refractivity contribution in [2.24, 2.45) is 17.8 Å². The number of hydroxylamine groups is 2. The number of ether oxygens (including phenoxy) is 5. The van der Waals surface area contributed by atoms with Crippen molar-refractivity contribution in [3.8, 4) is 5.75 Å². The van der Waals surface area contributed by atoms with Gasteiger partial charge in [0.1, 0.15) is 11.4 Å². The summed E-state index contributed by atoms with van der Waals surface area (Å²) in [6.45, 7) is 36.5. The van der Waals surface area contributed by atoms with Crippen LogP contribution < -0.4 is 4.74 Å². The van der Waals surface area contributed by atoms with Crippen molar-refractivity contribution in [1.29, 1.82) is 0 Å². The predicted octanol–water partition coefficient (Wildman–Crippen LogP) is 8.77. The molecule has 304 valence electrons. The van der Waals surface area contributed by atoms with Crippen LogP contribution in [0.2, 0.25) is 36.3 Å². The van der Waals surface area contributed by atoms with Crippen LogP contribution in [0.5, 0.6) is 5.75 Å². The third kappa shape index (κ3) is 11.3. The van der Waals surface area contributed by atoms with Crippen LogP contribution in [-0.4, -0.2) is 97.9 Å². The molecule has 2 aliphatic rings. The molecule has 10 nitrogen and oxygen atoms in total. The molecule has 1 aromatic rings. The molecule has 12 heteroatoms. The standard InChI is InChI=1S/C41H73NO9Si2/c1-19-31-33(24-34(43)42(12)45-14)48-40(9,10)49-35(31)32(27-47-52(15,16)38(3,4)5)37(51-53(17,18)39(6,7)8)41(11)36(50-41)28(2)25-46-26-29-20-22-30(44-13)23-21-29/h19-23,28,31-33,35-37H,1,24-27H2,2-18H3/t28-,31-,32-,33+,35+,36+,37-,41-/m0/s1. The van der Waals surface area contributed by atoms with Crippen molar-refractivity contribution in [3.63, 3.8) is 0 Å². The van der Waals surface area contributed by atoms with Crippen molar-refractivity contribution in [3.05, 3.63) is 42.5 Å². The van der Waals surface area contributed by atoms with Crippen LogP contribution in [-0.2, 0) is 44.0 Å². The van der Waals surface area contributed by atoms with Crippen LogP contribution in [0.1, 0.15) is 81.2 Å². The maximum Gasteiger partial charge on any atom is 0.248 e. The van der Waals surface area contributed by atoms with Gasteiger partial charge >= 0.3 is 0 Å². The molecule has 0 N–H and O–H groups in total. The Bertz CT molecular complexity index is 1360. The van der Waals surface area contributed by atoms with Gasteiger partial charge in [0.2, 0.25) is 5.91 Å². The third-order valence-corrected chi connectivity index (χ3v) is 21.2. The number of nitrogens with zero attached hydrogens (tertiary/aromatic N) is 1. The van der Waals surface area contributed by atoms with Gasteiger partial charge in [0, 0.05) is 31.4 Å². The molecule has 0 bridgehead atoms. The van der Waals surface area contributed by atoms with E-state index in [1.807, 2.05) is 44.2 Å². The summed E-state index contributed by atoms with van der Waals surface area (Å²) in [7, 11) is 0.115. The van der Waals surface area contributed by atoms with Gasteiger partial charge in [0.05, 0.1) is 58.3 Å². The zero-order valence-corrected chi connectivity index (χ0v) is 38.1. The van der Waals surface area contributed by atoms with Gasteiger partial charge in [-0.15, -0.1) is 6.58 Å². The number of methoxy groups -OCH3 is 1. The fraction of sp³-hybridized carbons (Fsp3) is 0.780. The van der Waals surface area contributed by atoms with Crippen LogP contribution in [0.3, 0.4) is 0 Å². The lowest BCUT2D eigenvalue weighted by atomic mass is 9.77. The monoisotopic (exact) mass is 779 g/mol. The molecule has 0 saturated carbocycles. The van der Waals surface area contributed by atoms with E-state index < -0.39 is 46.3 Å². The summed E-state index contributed by atoms with van der Waals surface area (Å²) in [4.78, 5) is 18.5. The molecule has 0 spiro atoms. The van der Waals surface area contributed by atoms with E-state index in [2.05, 4.69) is 88.2 Å². The summed E-state index contributed by atoms with van der Waals surface area (Å²) in [5, 5.41) is 1.15. The van der Waals surface area contributed by atoms with E-state index in [9.17, 15) is 4.79 Å².